The summed E-state index contributed by atoms with van der Waals surface area (Å²) in [5.41, 5.74) is 0. The van der Waals surface area contributed by atoms with Crippen molar-refractivity contribution in [2.45, 2.75) is 44.0 Å². The van der Waals surface area contributed by atoms with Crippen LogP contribution in [0.5, 0.6) is 5.75 Å². The highest BCUT2D eigenvalue weighted by molar-refractivity contribution is 7.99. The van der Waals surface area contributed by atoms with Gasteiger partial charge in [-0.1, -0.05) is 13.3 Å². The van der Waals surface area contributed by atoms with E-state index in [2.05, 4.69) is 31.3 Å². The van der Waals surface area contributed by atoms with Gasteiger partial charge in [-0.15, -0.1) is 11.8 Å². The number of methoxy groups -OCH3 is 1. The number of benzene rings is 1. The topological polar surface area (TPSA) is 21.3 Å². The summed E-state index contributed by atoms with van der Waals surface area (Å²) in [7, 11) is 1.70. The van der Waals surface area contributed by atoms with Gasteiger partial charge in [0.1, 0.15) is 5.75 Å². The number of ether oxygens (including phenoxy) is 1. The van der Waals surface area contributed by atoms with Gasteiger partial charge in [-0.3, -0.25) is 0 Å². The summed E-state index contributed by atoms with van der Waals surface area (Å²) in [6, 6.07) is 8.96. The molecule has 0 amide bonds. The minimum atomic E-state index is 0.654. The molecule has 1 atom stereocenters. The summed E-state index contributed by atoms with van der Waals surface area (Å²) in [5.74, 6) is 2.13. The smallest absolute Gasteiger partial charge is 0.118 e. The molecule has 0 aliphatic carbocycles. The minimum absolute atomic E-state index is 0.654. The van der Waals surface area contributed by atoms with Crippen molar-refractivity contribution in [3.8, 4) is 5.75 Å². The Labute approximate surface area is 116 Å². The Hall–Kier alpha value is -0.670. The molecule has 1 aromatic carbocycles. The van der Waals surface area contributed by atoms with Crippen molar-refractivity contribution in [3.05, 3.63) is 24.3 Å². The minimum Gasteiger partial charge on any atom is -0.497 e. The van der Waals surface area contributed by atoms with Gasteiger partial charge in [-0.25, -0.2) is 0 Å². The molecule has 0 aliphatic rings. The third kappa shape index (κ3) is 6.31. The largest absolute Gasteiger partial charge is 0.497 e. The predicted molar refractivity (Wildman–Crippen MR) is 80.7 cm³/mol. The van der Waals surface area contributed by atoms with Crippen molar-refractivity contribution in [1.82, 2.24) is 5.32 Å². The molecular formula is C15H25NOS. The molecule has 3 heteroatoms. The summed E-state index contributed by atoms with van der Waals surface area (Å²) in [5, 5.41) is 3.45. The predicted octanol–water partition coefficient (Wildman–Crippen LogP) is 3.96. The van der Waals surface area contributed by atoms with Gasteiger partial charge in [0.15, 0.2) is 0 Å². The van der Waals surface area contributed by atoms with Gasteiger partial charge in [-0.05, 0) is 56.3 Å². The van der Waals surface area contributed by atoms with E-state index >= 15 is 0 Å². The van der Waals surface area contributed by atoms with Crippen LogP contribution in [0, 0.1) is 0 Å². The zero-order valence-corrected chi connectivity index (χ0v) is 12.6. The van der Waals surface area contributed by atoms with E-state index < -0.39 is 0 Å². The Morgan fingerprint density at radius 3 is 2.56 bits per heavy atom. The maximum atomic E-state index is 5.15. The molecule has 0 saturated heterocycles. The van der Waals surface area contributed by atoms with Gasteiger partial charge in [0.05, 0.1) is 7.11 Å². The number of unbranched alkanes of at least 4 members (excludes halogenated alkanes) is 1. The third-order valence-corrected chi connectivity index (χ3v) is 4.01. The van der Waals surface area contributed by atoms with E-state index in [4.69, 9.17) is 4.74 Å². The number of thioether (sulfide) groups is 1. The maximum Gasteiger partial charge on any atom is 0.118 e. The summed E-state index contributed by atoms with van der Waals surface area (Å²) >= 11 is 1.93. The number of rotatable bonds is 9. The Morgan fingerprint density at radius 1 is 1.22 bits per heavy atom. The lowest BCUT2D eigenvalue weighted by Crippen LogP contribution is -2.25. The number of hydrogen-bond donors (Lipinski definition) is 1. The SMILES string of the molecule is CCNC(C)CCCCSc1ccc(OC)cc1. The van der Waals surface area contributed by atoms with E-state index in [9.17, 15) is 0 Å². The summed E-state index contributed by atoms with van der Waals surface area (Å²) < 4.78 is 5.15. The molecule has 0 spiro atoms. The molecule has 2 nitrogen and oxygen atoms in total. The van der Waals surface area contributed by atoms with Crippen LogP contribution in [0.3, 0.4) is 0 Å². The van der Waals surface area contributed by atoms with Gasteiger partial charge in [0.25, 0.3) is 0 Å². The molecule has 0 radical (unpaired) electrons. The first-order chi connectivity index (χ1) is 8.76. The van der Waals surface area contributed by atoms with Crippen LogP contribution < -0.4 is 10.1 Å². The first kappa shape index (κ1) is 15.4. The molecule has 0 saturated carbocycles. The highest BCUT2D eigenvalue weighted by Gasteiger charge is 2.00. The van der Waals surface area contributed by atoms with Crippen LogP contribution >= 0.6 is 11.8 Å². The van der Waals surface area contributed by atoms with Gasteiger partial charge < -0.3 is 10.1 Å². The van der Waals surface area contributed by atoms with Crippen LogP contribution in [0.2, 0.25) is 0 Å². The molecule has 0 fully saturated rings. The first-order valence-corrected chi connectivity index (χ1v) is 7.75. The van der Waals surface area contributed by atoms with E-state index in [1.54, 1.807) is 7.11 Å². The van der Waals surface area contributed by atoms with Crippen LogP contribution in [-0.2, 0) is 0 Å². The van der Waals surface area contributed by atoms with Gasteiger partial charge >= 0.3 is 0 Å². The Kier molecular flexibility index (Phi) is 7.94. The van der Waals surface area contributed by atoms with Crippen molar-refractivity contribution in [2.75, 3.05) is 19.4 Å². The number of nitrogens with one attached hydrogen (secondary N) is 1. The first-order valence-electron chi connectivity index (χ1n) is 6.76. The fraction of sp³-hybridized carbons (Fsp3) is 0.600. The molecule has 0 aromatic heterocycles. The second-order valence-electron chi connectivity index (χ2n) is 4.48. The zero-order chi connectivity index (χ0) is 13.2. The Morgan fingerprint density at radius 2 is 1.94 bits per heavy atom. The monoisotopic (exact) mass is 267 g/mol. The Bertz CT molecular complexity index is 313. The van der Waals surface area contributed by atoms with Gasteiger partial charge in [0, 0.05) is 10.9 Å². The van der Waals surface area contributed by atoms with Crippen LogP contribution in [0.25, 0.3) is 0 Å². The van der Waals surface area contributed by atoms with Gasteiger partial charge in [0.2, 0.25) is 0 Å². The summed E-state index contributed by atoms with van der Waals surface area (Å²) in [4.78, 5) is 1.33. The molecule has 1 rings (SSSR count). The summed E-state index contributed by atoms with van der Waals surface area (Å²) in [6.07, 6.45) is 3.86. The molecular weight excluding hydrogens is 242 g/mol. The average Bonchev–Trinajstić information content (AvgIpc) is 2.39. The molecule has 0 aliphatic heterocycles. The average molecular weight is 267 g/mol. The van der Waals surface area contributed by atoms with Gasteiger partial charge in [-0.2, -0.15) is 0 Å². The molecule has 1 N–H and O–H groups in total. The van der Waals surface area contributed by atoms with E-state index in [0.717, 1.165) is 12.3 Å². The molecule has 0 heterocycles. The van der Waals surface area contributed by atoms with E-state index in [-0.39, 0.29) is 0 Å². The molecule has 102 valence electrons. The number of hydrogen-bond acceptors (Lipinski definition) is 3. The van der Waals surface area contributed by atoms with Crippen LogP contribution in [0.4, 0.5) is 0 Å². The molecule has 1 unspecified atom stereocenters. The van der Waals surface area contributed by atoms with E-state index in [0.29, 0.717) is 6.04 Å². The Balaban J connectivity index is 2.10. The summed E-state index contributed by atoms with van der Waals surface area (Å²) in [6.45, 7) is 5.50. The third-order valence-electron chi connectivity index (χ3n) is 2.91. The van der Waals surface area contributed by atoms with Crippen molar-refractivity contribution < 1.29 is 4.74 Å². The normalized spacial score (nSPS) is 12.4. The lowest BCUT2D eigenvalue weighted by atomic mass is 10.1. The fourth-order valence-electron chi connectivity index (χ4n) is 1.87. The lowest BCUT2D eigenvalue weighted by molar-refractivity contribution is 0.414. The van der Waals surface area contributed by atoms with Crippen molar-refractivity contribution in [3.63, 3.8) is 0 Å². The van der Waals surface area contributed by atoms with Crippen molar-refractivity contribution >= 4 is 11.8 Å². The van der Waals surface area contributed by atoms with Crippen LogP contribution in [0.1, 0.15) is 33.1 Å². The molecule has 0 bridgehead atoms. The highest BCUT2D eigenvalue weighted by Crippen LogP contribution is 2.22. The lowest BCUT2D eigenvalue weighted by Gasteiger charge is -2.11. The second kappa shape index (κ2) is 9.29. The quantitative estimate of drug-likeness (QED) is 0.540. The zero-order valence-electron chi connectivity index (χ0n) is 11.7. The van der Waals surface area contributed by atoms with Crippen LogP contribution in [-0.4, -0.2) is 25.4 Å². The maximum absolute atomic E-state index is 5.15. The second-order valence-corrected chi connectivity index (χ2v) is 5.65. The highest BCUT2D eigenvalue weighted by atomic mass is 32.2. The van der Waals surface area contributed by atoms with E-state index in [1.807, 2.05) is 23.9 Å². The van der Waals surface area contributed by atoms with E-state index in [1.165, 1.54) is 29.9 Å². The molecule has 1 aromatic rings. The molecule has 18 heavy (non-hydrogen) atoms. The van der Waals surface area contributed by atoms with Crippen LogP contribution in [0.15, 0.2) is 29.2 Å². The fourth-order valence-corrected chi connectivity index (χ4v) is 2.78. The van der Waals surface area contributed by atoms with Crippen molar-refractivity contribution in [1.29, 1.82) is 0 Å². The van der Waals surface area contributed by atoms with Crippen molar-refractivity contribution in [2.24, 2.45) is 0 Å². The standard InChI is InChI=1S/C15H25NOS/c1-4-16-13(2)7-5-6-12-18-15-10-8-14(17-3)9-11-15/h8-11,13,16H,4-7,12H2,1-3H3.